The number of unbranched alkanes of at least 4 members (excludes halogenated alkanes) is 22. The molecule has 3 nitrogen and oxygen atoms in total. The summed E-state index contributed by atoms with van der Waals surface area (Å²) in [6, 6.07) is -0.366. The van der Waals surface area contributed by atoms with Gasteiger partial charge in [0.1, 0.15) is 6.04 Å². The summed E-state index contributed by atoms with van der Waals surface area (Å²) in [5.74, 6) is 1.04. The Morgan fingerprint density at radius 3 is 1.29 bits per heavy atom. The van der Waals surface area contributed by atoms with Crippen LogP contribution in [0.4, 0.5) is 0 Å². The number of carbonyl (C=O) groups is 1. The smallest absolute Gasteiger partial charge is 0.320 e. The fraction of sp³-hybridized carbons (Fsp3) is 0.970. The van der Waals surface area contributed by atoms with E-state index in [0.717, 1.165) is 31.0 Å². The van der Waals surface area contributed by atoms with E-state index in [-0.39, 0.29) is 6.04 Å². The highest BCUT2D eigenvalue weighted by atomic mass is 35.5. The van der Waals surface area contributed by atoms with Crippen molar-refractivity contribution in [3.8, 4) is 0 Å². The van der Waals surface area contributed by atoms with E-state index < -0.39 is 5.97 Å². The van der Waals surface area contributed by atoms with Crippen molar-refractivity contribution < 1.29 is 9.90 Å². The molecule has 0 aromatic heterocycles. The third kappa shape index (κ3) is 36.1. The van der Waals surface area contributed by atoms with E-state index in [4.69, 9.17) is 16.7 Å². The molecule has 0 bridgehead atoms. The molecular formula is C33H68ClNO2S. The molecule has 0 rings (SSSR count). The zero-order valence-electron chi connectivity index (χ0n) is 26.0. The average molecular weight is 578 g/mol. The second-order valence-corrected chi connectivity index (χ2v) is 12.5. The third-order valence-electron chi connectivity index (χ3n) is 7.32. The summed E-state index contributed by atoms with van der Waals surface area (Å²) in [6.07, 6.45) is 35.6. The highest BCUT2D eigenvalue weighted by Crippen LogP contribution is 2.13. The molecule has 0 fully saturated rings. The summed E-state index contributed by atoms with van der Waals surface area (Å²) < 4.78 is 0. The number of aliphatic carboxylic acids is 1. The Bertz CT molecular complexity index is 429. The van der Waals surface area contributed by atoms with Gasteiger partial charge < -0.3 is 10.4 Å². The quantitative estimate of drug-likeness (QED) is 0.0658. The molecule has 0 saturated carbocycles. The molecule has 0 aromatic carbocycles. The molecule has 5 heteroatoms. The van der Waals surface area contributed by atoms with Gasteiger partial charge >= 0.3 is 5.97 Å². The van der Waals surface area contributed by atoms with Crippen LogP contribution in [0.5, 0.6) is 0 Å². The van der Waals surface area contributed by atoms with Crippen LogP contribution < -0.4 is 5.32 Å². The maximum absolute atomic E-state index is 11.1. The van der Waals surface area contributed by atoms with E-state index >= 15 is 0 Å². The summed E-state index contributed by atoms with van der Waals surface area (Å²) in [5.41, 5.74) is 0. The van der Waals surface area contributed by atoms with Crippen molar-refractivity contribution in [1.82, 2.24) is 5.32 Å². The van der Waals surface area contributed by atoms with Gasteiger partial charge in [-0.3, -0.25) is 4.79 Å². The van der Waals surface area contributed by atoms with Crippen molar-refractivity contribution in [3.05, 3.63) is 0 Å². The topological polar surface area (TPSA) is 49.3 Å². The molecule has 0 aromatic rings. The molecule has 0 heterocycles. The Labute approximate surface area is 248 Å². The molecule has 0 aliphatic heterocycles. The highest BCUT2D eigenvalue weighted by molar-refractivity contribution is 7.98. The lowest BCUT2D eigenvalue weighted by Gasteiger charge is -2.13. The van der Waals surface area contributed by atoms with Gasteiger partial charge in [0.15, 0.2) is 0 Å². The molecule has 0 spiro atoms. The van der Waals surface area contributed by atoms with Gasteiger partial charge in [-0.25, -0.2) is 0 Å². The molecule has 1 atom stereocenters. The second kappa shape index (κ2) is 37.1. The molecule has 38 heavy (non-hydrogen) atoms. The Morgan fingerprint density at radius 1 is 0.632 bits per heavy atom. The Kier molecular flexibility index (Phi) is 39.2. The molecule has 1 unspecified atom stereocenters. The van der Waals surface area contributed by atoms with Gasteiger partial charge in [-0.1, -0.05) is 155 Å². The minimum absolute atomic E-state index is 0.366. The van der Waals surface area contributed by atoms with Gasteiger partial charge in [0, 0.05) is 5.88 Å². The molecule has 230 valence electrons. The van der Waals surface area contributed by atoms with E-state index in [1.807, 2.05) is 6.26 Å². The van der Waals surface area contributed by atoms with Crippen molar-refractivity contribution in [3.63, 3.8) is 0 Å². The van der Waals surface area contributed by atoms with Gasteiger partial charge in [-0.2, -0.15) is 11.8 Å². The number of carboxylic acid groups (broad SMARTS) is 1. The van der Waals surface area contributed by atoms with Gasteiger partial charge in [0.25, 0.3) is 0 Å². The summed E-state index contributed by atoms with van der Waals surface area (Å²) in [7, 11) is 0. The van der Waals surface area contributed by atoms with Crippen LogP contribution in [0, 0.1) is 0 Å². The van der Waals surface area contributed by atoms with Crippen LogP contribution >= 0.6 is 23.4 Å². The predicted molar refractivity (Wildman–Crippen MR) is 175 cm³/mol. The van der Waals surface area contributed by atoms with Crippen LogP contribution in [0.2, 0.25) is 0 Å². The zero-order chi connectivity index (χ0) is 28.4. The highest BCUT2D eigenvalue weighted by Gasteiger charge is 2.15. The number of rotatable bonds is 30. The first-order valence-electron chi connectivity index (χ1n) is 16.6. The molecule has 2 N–H and O–H groups in total. The third-order valence-corrected chi connectivity index (χ3v) is 8.23. The largest absolute Gasteiger partial charge is 0.480 e. The predicted octanol–water partition coefficient (Wildman–Crippen LogP) is 11.4. The average Bonchev–Trinajstić information content (AvgIpc) is 2.91. The number of hydrogen-bond donors (Lipinski definition) is 2. The van der Waals surface area contributed by atoms with Crippen molar-refractivity contribution >= 4 is 29.3 Å². The van der Waals surface area contributed by atoms with E-state index in [0.29, 0.717) is 0 Å². The van der Waals surface area contributed by atoms with Crippen LogP contribution in [-0.4, -0.2) is 41.6 Å². The fourth-order valence-electron chi connectivity index (χ4n) is 4.73. The van der Waals surface area contributed by atoms with Crippen molar-refractivity contribution in [2.24, 2.45) is 0 Å². The summed E-state index contributed by atoms with van der Waals surface area (Å²) in [4.78, 5) is 11.1. The lowest BCUT2D eigenvalue weighted by molar-refractivity contribution is -0.139. The maximum atomic E-state index is 11.1. The van der Waals surface area contributed by atoms with Gasteiger partial charge in [0.2, 0.25) is 0 Å². The summed E-state index contributed by atoms with van der Waals surface area (Å²) in [6.45, 7) is 5.38. The molecule has 0 aliphatic rings. The molecule has 0 amide bonds. The van der Waals surface area contributed by atoms with E-state index in [1.165, 1.54) is 148 Å². The number of alkyl halides is 1. The van der Waals surface area contributed by atoms with E-state index in [1.54, 1.807) is 11.8 Å². The first-order valence-corrected chi connectivity index (χ1v) is 18.6. The normalized spacial score (nSPS) is 11.8. The molecule has 0 saturated heterocycles. The Morgan fingerprint density at radius 2 is 0.974 bits per heavy atom. The number of nitrogens with one attached hydrogen (secondary N) is 1. The first-order chi connectivity index (χ1) is 18.6. The molecular weight excluding hydrogens is 510 g/mol. The lowest BCUT2D eigenvalue weighted by atomic mass is 10.0. The Balaban J connectivity index is 0. The zero-order valence-corrected chi connectivity index (χ0v) is 27.6. The second-order valence-electron chi connectivity index (χ2n) is 11.1. The van der Waals surface area contributed by atoms with Crippen LogP contribution in [0.3, 0.4) is 0 Å². The van der Waals surface area contributed by atoms with E-state index in [2.05, 4.69) is 19.2 Å². The van der Waals surface area contributed by atoms with Crippen molar-refractivity contribution in [1.29, 1.82) is 0 Å². The van der Waals surface area contributed by atoms with Gasteiger partial charge in [-0.05, 0) is 37.8 Å². The molecule has 0 aliphatic carbocycles. The van der Waals surface area contributed by atoms with Crippen LogP contribution in [0.15, 0.2) is 0 Å². The van der Waals surface area contributed by atoms with E-state index in [9.17, 15) is 4.79 Å². The fourth-order valence-corrected chi connectivity index (χ4v) is 5.39. The van der Waals surface area contributed by atoms with Gasteiger partial charge in [-0.15, -0.1) is 11.6 Å². The van der Waals surface area contributed by atoms with Crippen LogP contribution in [0.1, 0.15) is 174 Å². The number of carboxylic acids is 1. The Hall–Kier alpha value is 0.0700. The monoisotopic (exact) mass is 577 g/mol. The standard InChI is InChI=1S/C21H43NO2S.C12H25Cl/c1-3-4-5-6-7-8-9-10-11-12-13-14-15-16-18-22-20(21(23)24)17-19-25-2;1-2-3-4-5-6-7-8-9-10-11-12-13/h20,22H,3-19H2,1-2H3,(H,23,24);2-12H2,1H3. The first kappa shape index (κ1) is 40.2. The minimum Gasteiger partial charge on any atom is -0.480 e. The van der Waals surface area contributed by atoms with Crippen LogP contribution in [-0.2, 0) is 4.79 Å². The SMILES string of the molecule is CCCCCCCCCCCCCCCCNC(CCSC)C(=O)O.CCCCCCCCCCCCCl. The van der Waals surface area contributed by atoms with Crippen molar-refractivity contribution in [2.45, 2.75) is 180 Å². The summed E-state index contributed by atoms with van der Waals surface area (Å²) >= 11 is 7.31. The minimum atomic E-state index is -0.709. The summed E-state index contributed by atoms with van der Waals surface area (Å²) in [5, 5.41) is 12.3. The lowest BCUT2D eigenvalue weighted by Crippen LogP contribution is -2.37. The number of halogens is 1. The van der Waals surface area contributed by atoms with Crippen LogP contribution in [0.25, 0.3) is 0 Å². The van der Waals surface area contributed by atoms with Crippen molar-refractivity contribution in [2.75, 3.05) is 24.4 Å². The number of hydrogen-bond acceptors (Lipinski definition) is 3. The maximum Gasteiger partial charge on any atom is 0.320 e. The number of thioether (sulfide) groups is 1. The molecule has 0 radical (unpaired) electrons. The van der Waals surface area contributed by atoms with Gasteiger partial charge in [0.05, 0.1) is 0 Å².